The number of benzene rings is 11. The average molecular weight is 972 g/mol. The van der Waals surface area contributed by atoms with Crippen molar-refractivity contribution in [3.8, 4) is 0 Å². The standard InChI is InChI=1S/C66H41N3O2S2/c1-4-14-42(15-5-1)67(43-16-6-2-7-17-43)45-26-32-59-55(36-45)51-30-24-49(40-61(51)70-59)68(44-18-8-3-9-19-44)50-25-31-52-56-37-46(27-33-60(56)71-62(52)41-50)69(47-28-34-65-57(38-47)53-20-10-12-22-63(53)72-65)48-29-35-66-58(39-48)54-21-11-13-23-64(54)73-66/h1-41H. The zero-order valence-corrected chi connectivity index (χ0v) is 40.8. The van der Waals surface area contributed by atoms with E-state index in [4.69, 9.17) is 8.83 Å². The van der Waals surface area contributed by atoms with Crippen molar-refractivity contribution in [2.24, 2.45) is 0 Å². The van der Waals surface area contributed by atoms with E-state index < -0.39 is 0 Å². The van der Waals surface area contributed by atoms with E-state index in [2.05, 4.69) is 263 Å². The third-order valence-corrected chi connectivity index (χ3v) is 16.5. The highest BCUT2D eigenvalue weighted by Gasteiger charge is 2.22. The maximum absolute atomic E-state index is 6.79. The molecule has 15 aromatic rings. The first-order chi connectivity index (χ1) is 36.1. The normalized spacial score (nSPS) is 11.8. The zero-order valence-electron chi connectivity index (χ0n) is 39.1. The second kappa shape index (κ2) is 16.7. The van der Waals surface area contributed by atoms with E-state index in [0.29, 0.717) is 0 Å². The van der Waals surface area contributed by atoms with Crippen LogP contribution in [0.25, 0.3) is 84.2 Å². The van der Waals surface area contributed by atoms with Gasteiger partial charge in [0.2, 0.25) is 0 Å². The van der Waals surface area contributed by atoms with Crippen LogP contribution >= 0.6 is 22.7 Å². The Balaban J connectivity index is 0.837. The fourth-order valence-corrected chi connectivity index (χ4v) is 13.0. The molecule has 5 nitrogen and oxygen atoms in total. The summed E-state index contributed by atoms with van der Waals surface area (Å²) < 4.78 is 18.6. The lowest BCUT2D eigenvalue weighted by Crippen LogP contribution is -2.09. The Labute approximate surface area is 427 Å². The molecule has 0 amide bonds. The minimum Gasteiger partial charge on any atom is -0.456 e. The highest BCUT2D eigenvalue weighted by atomic mass is 32.1. The summed E-state index contributed by atoms with van der Waals surface area (Å²) in [6, 6.07) is 89.0. The highest BCUT2D eigenvalue weighted by molar-refractivity contribution is 7.26. The minimum absolute atomic E-state index is 0.813. The predicted octanol–water partition coefficient (Wildman–Crippen LogP) is 20.6. The molecular formula is C66H41N3O2S2. The van der Waals surface area contributed by atoms with Crippen LogP contribution in [0.1, 0.15) is 0 Å². The molecule has 11 aromatic carbocycles. The number of hydrogen-bond acceptors (Lipinski definition) is 7. The molecule has 344 valence electrons. The van der Waals surface area contributed by atoms with Crippen molar-refractivity contribution in [3.63, 3.8) is 0 Å². The van der Waals surface area contributed by atoms with Gasteiger partial charge in [-0.15, -0.1) is 22.7 Å². The number of hydrogen-bond donors (Lipinski definition) is 0. The van der Waals surface area contributed by atoms with Crippen LogP contribution < -0.4 is 14.7 Å². The van der Waals surface area contributed by atoms with Gasteiger partial charge >= 0.3 is 0 Å². The molecule has 0 saturated carbocycles. The van der Waals surface area contributed by atoms with Crippen molar-refractivity contribution in [2.45, 2.75) is 0 Å². The molecule has 7 heteroatoms. The molecular weight excluding hydrogens is 931 g/mol. The van der Waals surface area contributed by atoms with E-state index in [0.717, 1.165) is 95.1 Å². The summed E-state index contributed by atoms with van der Waals surface area (Å²) in [6.07, 6.45) is 0. The van der Waals surface area contributed by atoms with Gasteiger partial charge in [-0.2, -0.15) is 0 Å². The lowest BCUT2D eigenvalue weighted by molar-refractivity contribution is 0.669. The van der Waals surface area contributed by atoms with Crippen LogP contribution in [-0.2, 0) is 0 Å². The summed E-state index contributed by atoms with van der Waals surface area (Å²) in [6.45, 7) is 0. The summed E-state index contributed by atoms with van der Waals surface area (Å²) in [5.41, 5.74) is 12.8. The molecule has 0 unspecified atom stereocenters. The summed E-state index contributed by atoms with van der Waals surface area (Å²) >= 11 is 3.69. The molecule has 0 saturated heterocycles. The summed E-state index contributed by atoms with van der Waals surface area (Å²) in [4.78, 5) is 6.96. The molecule has 0 atom stereocenters. The Morgan fingerprint density at radius 1 is 0.205 bits per heavy atom. The van der Waals surface area contributed by atoms with Crippen molar-refractivity contribution in [1.82, 2.24) is 0 Å². The van der Waals surface area contributed by atoms with Crippen molar-refractivity contribution in [3.05, 3.63) is 249 Å². The van der Waals surface area contributed by atoms with Gasteiger partial charge in [-0.25, -0.2) is 0 Å². The molecule has 0 N–H and O–H groups in total. The monoisotopic (exact) mass is 971 g/mol. The minimum atomic E-state index is 0.813. The van der Waals surface area contributed by atoms with Crippen molar-refractivity contribution < 1.29 is 8.83 Å². The van der Waals surface area contributed by atoms with Crippen LogP contribution in [0.2, 0.25) is 0 Å². The SMILES string of the molecule is c1ccc(N(c2ccc3c(c2)oc2ccc(N(c4ccccc4)c4ccccc4)cc23)c2ccc3c(c2)oc2ccc(N(c4ccc5sc6ccccc6c5c4)c4ccc5sc6ccccc6c5c4)cc23)cc1. The maximum Gasteiger partial charge on any atom is 0.137 e. The van der Waals surface area contributed by atoms with Crippen LogP contribution in [0, 0.1) is 0 Å². The summed E-state index contributed by atoms with van der Waals surface area (Å²) in [5, 5.41) is 9.31. The number of para-hydroxylation sites is 3. The number of rotatable bonds is 9. The van der Waals surface area contributed by atoms with Gasteiger partial charge < -0.3 is 23.5 Å². The Morgan fingerprint density at radius 3 is 0.959 bits per heavy atom. The molecule has 4 heterocycles. The molecule has 0 aliphatic heterocycles. The fourth-order valence-electron chi connectivity index (χ4n) is 10.8. The quantitative estimate of drug-likeness (QED) is 0.144. The number of nitrogens with zero attached hydrogens (tertiary/aromatic N) is 3. The van der Waals surface area contributed by atoms with E-state index in [1.165, 1.54) is 40.3 Å². The van der Waals surface area contributed by atoms with Gasteiger partial charge in [0.1, 0.15) is 22.3 Å². The van der Waals surface area contributed by atoms with Gasteiger partial charge in [-0.05, 0) is 146 Å². The summed E-state index contributed by atoms with van der Waals surface area (Å²) in [5.74, 6) is 0. The molecule has 0 fully saturated rings. The van der Waals surface area contributed by atoms with Gasteiger partial charge in [-0.1, -0.05) is 91.0 Å². The van der Waals surface area contributed by atoms with Gasteiger partial charge in [0.15, 0.2) is 0 Å². The molecule has 0 bridgehead atoms. The topological polar surface area (TPSA) is 36.0 Å². The number of anilines is 9. The van der Waals surface area contributed by atoms with E-state index in [1.54, 1.807) is 0 Å². The van der Waals surface area contributed by atoms with E-state index in [9.17, 15) is 0 Å². The Morgan fingerprint density at radius 2 is 0.521 bits per heavy atom. The Hall–Kier alpha value is -9.14. The average Bonchev–Trinajstić information content (AvgIpc) is 4.21. The van der Waals surface area contributed by atoms with Crippen molar-refractivity contribution >= 4 is 158 Å². The molecule has 15 rings (SSSR count). The molecule has 4 aromatic heterocycles. The van der Waals surface area contributed by atoms with Crippen molar-refractivity contribution in [2.75, 3.05) is 14.7 Å². The van der Waals surface area contributed by atoms with Crippen LogP contribution in [0.4, 0.5) is 51.2 Å². The maximum atomic E-state index is 6.79. The first kappa shape index (κ1) is 41.6. The molecule has 0 aliphatic rings. The lowest BCUT2D eigenvalue weighted by Gasteiger charge is -2.26. The predicted molar refractivity (Wildman–Crippen MR) is 311 cm³/mol. The number of thiophene rings is 2. The third kappa shape index (κ3) is 6.96. The van der Waals surface area contributed by atoms with Crippen molar-refractivity contribution in [1.29, 1.82) is 0 Å². The first-order valence-electron chi connectivity index (χ1n) is 24.5. The van der Waals surface area contributed by atoms with Crippen LogP contribution in [0.5, 0.6) is 0 Å². The van der Waals surface area contributed by atoms with E-state index >= 15 is 0 Å². The number of furan rings is 2. The molecule has 0 aliphatic carbocycles. The van der Waals surface area contributed by atoms with Crippen LogP contribution in [0.15, 0.2) is 258 Å². The van der Waals surface area contributed by atoms with E-state index in [1.807, 2.05) is 22.7 Å². The second-order valence-corrected chi connectivity index (χ2v) is 20.7. The Bertz CT molecular complexity index is 4440. The first-order valence-corrected chi connectivity index (χ1v) is 26.1. The molecule has 73 heavy (non-hydrogen) atoms. The molecule has 0 spiro atoms. The highest BCUT2D eigenvalue weighted by Crippen LogP contribution is 2.47. The smallest absolute Gasteiger partial charge is 0.137 e. The van der Waals surface area contributed by atoms with Gasteiger partial charge in [0, 0.05) is 125 Å². The number of fused-ring (bicyclic) bond motifs is 12. The summed E-state index contributed by atoms with van der Waals surface area (Å²) in [7, 11) is 0. The largest absolute Gasteiger partial charge is 0.456 e. The lowest BCUT2D eigenvalue weighted by atomic mass is 10.1. The second-order valence-electron chi connectivity index (χ2n) is 18.5. The van der Waals surface area contributed by atoms with Crippen LogP contribution in [0.3, 0.4) is 0 Å². The third-order valence-electron chi connectivity index (χ3n) is 14.2. The Kier molecular flexibility index (Phi) is 9.55. The zero-order chi connectivity index (χ0) is 48.0. The van der Waals surface area contributed by atoms with E-state index in [-0.39, 0.29) is 0 Å². The van der Waals surface area contributed by atoms with Gasteiger partial charge in [-0.3, -0.25) is 0 Å². The van der Waals surface area contributed by atoms with Gasteiger partial charge in [0.25, 0.3) is 0 Å². The fraction of sp³-hybridized carbons (Fsp3) is 0. The molecule has 0 radical (unpaired) electrons. The van der Waals surface area contributed by atoms with Crippen LogP contribution in [-0.4, -0.2) is 0 Å². The van der Waals surface area contributed by atoms with Gasteiger partial charge in [0.05, 0.1) is 0 Å².